The molecule has 0 unspecified atom stereocenters. The summed E-state index contributed by atoms with van der Waals surface area (Å²) in [7, 11) is -3.33. The van der Waals surface area contributed by atoms with Gasteiger partial charge in [-0.3, -0.25) is 4.90 Å². The third-order valence-corrected chi connectivity index (χ3v) is 6.64. The lowest BCUT2D eigenvalue weighted by Gasteiger charge is -2.37. The maximum atomic E-state index is 12.6. The summed E-state index contributed by atoms with van der Waals surface area (Å²) in [6.45, 7) is 7.59. The molecule has 2 aliphatic heterocycles. The van der Waals surface area contributed by atoms with Crippen LogP contribution in [0.5, 0.6) is 0 Å². The summed E-state index contributed by atoms with van der Waals surface area (Å²) in [5.74, 6) is 0. The van der Waals surface area contributed by atoms with Gasteiger partial charge in [-0.25, -0.2) is 0 Å². The highest BCUT2D eigenvalue weighted by atomic mass is 32.2. The van der Waals surface area contributed by atoms with E-state index >= 15 is 0 Å². The van der Waals surface area contributed by atoms with E-state index in [9.17, 15) is 8.42 Å². The lowest BCUT2D eigenvalue weighted by atomic mass is 10.1. The van der Waals surface area contributed by atoms with Crippen molar-refractivity contribution in [2.24, 2.45) is 0 Å². The van der Waals surface area contributed by atoms with Crippen molar-refractivity contribution in [1.29, 1.82) is 0 Å². The number of ether oxygens (including phenoxy) is 1. The minimum absolute atomic E-state index is 0.464. The van der Waals surface area contributed by atoms with Gasteiger partial charge < -0.3 is 4.74 Å². The van der Waals surface area contributed by atoms with Crippen LogP contribution < -0.4 is 0 Å². The number of piperazine rings is 1. The molecule has 0 saturated carbocycles. The zero-order valence-electron chi connectivity index (χ0n) is 13.6. The number of rotatable bonds is 4. The first-order valence-electron chi connectivity index (χ1n) is 8.17. The van der Waals surface area contributed by atoms with Crippen molar-refractivity contribution in [3.63, 3.8) is 0 Å². The average molecular weight is 339 g/mol. The Hall–Kier alpha value is -0.990. The monoisotopic (exact) mass is 339 g/mol. The van der Waals surface area contributed by atoms with Gasteiger partial charge in [0.2, 0.25) is 0 Å². The van der Waals surface area contributed by atoms with E-state index in [2.05, 4.69) is 30.0 Å². The standard InChI is InChI=1S/C16H25N3O3S/c1-15-4-2-3-5-16(15)14-17-6-8-18(9-7-17)23(20,21)19-10-12-22-13-11-19/h2-5H,6-14H2,1H3. The SMILES string of the molecule is Cc1ccccc1CN1CCN(S(=O)(=O)N2CCOCC2)CC1. The maximum absolute atomic E-state index is 12.6. The Balaban J connectivity index is 1.57. The van der Waals surface area contributed by atoms with Gasteiger partial charge in [0, 0.05) is 45.8 Å². The molecule has 2 saturated heterocycles. The van der Waals surface area contributed by atoms with Crippen LogP contribution in [0, 0.1) is 6.92 Å². The molecule has 7 heteroatoms. The van der Waals surface area contributed by atoms with Crippen molar-refractivity contribution in [1.82, 2.24) is 13.5 Å². The third kappa shape index (κ3) is 3.92. The molecule has 0 aromatic heterocycles. The Morgan fingerprint density at radius 2 is 1.57 bits per heavy atom. The van der Waals surface area contributed by atoms with Gasteiger partial charge in [-0.05, 0) is 18.1 Å². The molecule has 0 radical (unpaired) electrons. The Labute approximate surface area is 138 Å². The van der Waals surface area contributed by atoms with Crippen molar-refractivity contribution in [3.8, 4) is 0 Å². The first-order valence-corrected chi connectivity index (χ1v) is 9.57. The molecule has 0 spiro atoms. The fourth-order valence-electron chi connectivity index (χ4n) is 3.09. The molecule has 0 bridgehead atoms. The van der Waals surface area contributed by atoms with Crippen LogP contribution in [-0.2, 0) is 21.5 Å². The summed E-state index contributed by atoms with van der Waals surface area (Å²) in [6, 6.07) is 8.37. The normalized spacial score (nSPS) is 22.3. The number of benzene rings is 1. The minimum atomic E-state index is -3.33. The van der Waals surface area contributed by atoms with E-state index in [1.807, 2.05) is 6.07 Å². The van der Waals surface area contributed by atoms with E-state index in [0.717, 1.165) is 19.6 Å². The van der Waals surface area contributed by atoms with Crippen molar-refractivity contribution < 1.29 is 13.2 Å². The molecule has 2 fully saturated rings. The van der Waals surface area contributed by atoms with E-state index in [4.69, 9.17) is 4.74 Å². The molecular weight excluding hydrogens is 314 g/mol. The maximum Gasteiger partial charge on any atom is 0.282 e. The Bertz CT molecular complexity index is 621. The van der Waals surface area contributed by atoms with Gasteiger partial charge in [0.25, 0.3) is 10.2 Å². The van der Waals surface area contributed by atoms with Gasteiger partial charge in [-0.2, -0.15) is 17.0 Å². The molecule has 0 amide bonds. The number of nitrogens with zero attached hydrogens (tertiary/aromatic N) is 3. The van der Waals surface area contributed by atoms with Gasteiger partial charge >= 0.3 is 0 Å². The zero-order chi connectivity index (χ0) is 16.3. The fourth-order valence-corrected chi connectivity index (χ4v) is 4.65. The van der Waals surface area contributed by atoms with Gasteiger partial charge in [-0.15, -0.1) is 0 Å². The van der Waals surface area contributed by atoms with Crippen molar-refractivity contribution >= 4 is 10.2 Å². The fraction of sp³-hybridized carbons (Fsp3) is 0.625. The van der Waals surface area contributed by atoms with E-state index in [0.29, 0.717) is 39.4 Å². The van der Waals surface area contributed by atoms with Crippen LogP contribution in [0.25, 0.3) is 0 Å². The first-order chi connectivity index (χ1) is 11.1. The molecule has 1 aromatic carbocycles. The molecule has 0 atom stereocenters. The van der Waals surface area contributed by atoms with Crippen LogP contribution in [0.2, 0.25) is 0 Å². The van der Waals surface area contributed by atoms with Gasteiger partial charge in [-0.1, -0.05) is 24.3 Å². The second-order valence-corrected chi connectivity index (χ2v) is 8.05. The highest BCUT2D eigenvalue weighted by Crippen LogP contribution is 2.16. The minimum Gasteiger partial charge on any atom is -0.379 e. The highest BCUT2D eigenvalue weighted by Gasteiger charge is 2.33. The Morgan fingerprint density at radius 3 is 2.22 bits per heavy atom. The number of morpholine rings is 1. The van der Waals surface area contributed by atoms with Gasteiger partial charge in [0.15, 0.2) is 0 Å². The number of hydrogen-bond acceptors (Lipinski definition) is 4. The van der Waals surface area contributed by atoms with E-state index < -0.39 is 10.2 Å². The molecule has 3 rings (SSSR count). The second kappa shape index (κ2) is 7.27. The lowest BCUT2D eigenvalue weighted by Crippen LogP contribution is -2.54. The largest absolute Gasteiger partial charge is 0.379 e. The molecule has 0 N–H and O–H groups in total. The smallest absolute Gasteiger partial charge is 0.282 e. The number of hydrogen-bond donors (Lipinski definition) is 0. The average Bonchev–Trinajstić information content (AvgIpc) is 2.58. The van der Waals surface area contributed by atoms with Crippen LogP contribution in [0.1, 0.15) is 11.1 Å². The van der Waals surface area contributed by atoms with Crippen LogP contribution >= 0.6 is 0 Å². The predicted octanol–water partition coefficient (Wildman–Crippen LogP) is 0.690. The second-order valence-electron chi connectivity index (χ2n) is 6.12. The summed E-state index contributed by atoms with van der Waals surface area (Å²) in [4.78, 5) is 2.33. The molecule has 6 nitrogen and oxygen atoms in total. The Morgan fingerprint density at radius 1 is 0.957 bits per heavy atom. The molecule has 2 heterocycles. The summed E-state index contributed by atoms with van der Waals surface area (Å²) < 4.78 is 33.7. The van der Waals surface area contributed by atoms with Gasteiger partial charge in [0.1, 0.15) is 0 Å². The summed E-state index contributed by atoms with van der Waals surface area (Å²) >= 11 is 0. The molecule has 23 heavy (non-hydrogen) atoms. The van der Waals surface area contributed by atoms with Gasteiger partial charge in [0.05, 0.1) is 13.2 Å². The molecule has 0 aliphatic carbocycles. The predicted molar refractivity (Wildman–Crippen MR) is 89.3 cm³/mol. The molecule has 2 aliphatic rings. The van der Waals surface area contributed by atoms with Crippen LogP contribution in [-0.4, -0.2) is 74.4 Å². The number of aryl methyl sites for hydroxylation is 1. The van der Waals surface area contributed by atoms with Crippen LogP contribution in [0.3, 0.4) is 0 Å². The summed E-state index contributed by atoms with van der Waals surface area (Å²) in [6.07, 6.45) is 0. The van der Waals surface area contributed by atoms with Crippen LogP contribution in [0.15, 0.2) is 24.3 Å². The molecule has 1 aromatic rings. The van der Waals surface area contributed by atoms with E-state index in [1.54, 1.807) is 8.61 Å². The van der Waals surface area contributed by atoms with Crippen LogP contribution in [0.4, 0.5) is 0 Å². The van der Waals surface area contributed by atoms with Crippen molar-refractivity contribution in [2.75, 3.05) is 52.5 Å². The van der Waals surface area contributed by atoms with E-state index in [1.165, 1.54) is 11.1 Å². The highest BCUT2D eigenvalue weighted by molar-refractivity contribution is 7.86. The quantitative estimate of drug-likeness (QED) is 0.810. The third-order valence-electron chi connectivity index (χ3n) is 4.61. The first kappa shape index (κ1) is 16.9. The molecular formula is C16H25N3O3S. The summed E-state index contributed by atoms with van der Waals surface area (Å²) in [5.41, 5.74) is 2.60. The van der Waals surface area contributed by atoms with E-state index in [-0.39, 0.29) is 0 Å². The zero-order valence-corrected chi connectivity index (χ0v) is 14.5. The lowest BCUT2D eigenvalue weighted by molar-refractivity contribution is 0.0684. The topological polar surface area (TPSA) is 53.1 Å². The Kier molecular flexibility index (Phi) is 5.33. The summed E-state index contributed by atoms with van der Waals surface area (Å²) in [5, 5.41) is 0. The van der Waals surface area contributed by atoms with Crippen molar-refractivity contribution in [2.45, 2.75) is 13.5 Å². The van der Waals surface area contributed by atoms with Crippen molar-refractivity contribution in [3.05, 3.63) is 35.4 Å². The molecule has 128 valence electrons.